The van der Waals surface area contributed by atoms with Gasteiger partial charge in [-0.05, 0) is 49.6 Å². The Morgan fingerprint density at radius 2 is 1.76 bits per heavy atom. The van der Waals surface area contributed by atoms with E-state index >= 15 is 0 Å². The molecular formula is C26H28N2O4S. The third-order valence-electron chi connectivity index (χ3n) is 5.81. The summed E-state index contributed by atoms with van der Waals surface area (Å²) in [7, 11) is -3.74. The van der Waals surface area contributed by atoms with E-state index in [-0.39, 0.29) is 24.2 Å². The summed E-state index contributed by atoms with van der Waals surface area (Å²) in [6, 6.07) is 21.8. The molecule has 0 aliphatic carbocycles. The van der Waals surface area contributed by atoms with Crippen LogP contribution in [-0.4, -0.2) is 27.0 Å². The van der Waals surface area contributed by atoms with Crippen molar-refractivity contribution in [2.24, 2.45) is 0 Å². The van der Waals surface area contributed by atoms with Crippen molar-refractivity contribution >= 4 is 21.6 Å². The number of sulfonamides is 1. The van der Waals surface area contributed by atoms with E-state index < -0.39 is 16.1 Å². The van der Waals surface area contributed by atoms with Crippen LogP contribution in [0.5, 0.6) is 5.75 Å². The maximum absolute atomic E-state index is 13.3. The van der Waals surface area contributed by atoms with E-state index in [1.165, 1.54) is 4.31 Å². The molecule has 7 heteroatoms. The van der Waals surface area contributed by atoms with E-state index in [2.05, 4.69) is 11.4 Å². The molecule has 2 atom stereocenters. The van der Waals surface area contributed by atoms with Crippen molar-refractivity contribution < 1.29 is 17.9 Å². The molecule has 0 bridgehead atoms. The topological polar surface area (TPSA) is 75.7 Å². The van der Waals surface area contributed by atoms with Gasteiger partial charge >= 0.3 is 0 Å². The van der Waals surface area contributed by atoms with Gasteiger partial charge in [0.05, 0.1) is 24.0 Å². The Morgan fingerprint density at radius 1 is 1.06 bits per heavy atom. The van der Waals surface area contributed by atoms with Gasteiger partial charge in [0.25, 0.3) is 5.91 Å². The van der Waals surface area contributed by atoms with E-state index in [1.54, 1.807) is 36.4 Å². The number of rotatable bonds is 6. The van der Waals surface area contributed by atoms with Crippen LogP contribution in [0.2, 0.25) is 0 Å². The minimum Gasteiger partial charge on any atom is -0.476 e. The zero-order valence-electron chi connectivity index (χ0n) is 19.0. The van der Waals surface area contributed by atoms with Crippen LogP contribution in [0.25, 0.3) is 0 Å². The van der Waals surface area contributed by atoms with E-state index in [0.717, 1.165) is 16.7 Å². The molecular weight excluding hydrogens is 436 g/mol. The largest absolute Gasteiger partial charge is 0.476 e. The quantitative estimate of drug-likeness (QED) is 0.591. The molecule has 0 fully saturated rings. The number of ether oxygens (including phenoxy) is 1. The lowest BCUT2D eigenvalue weighted by molar-refractivity contribution is -0.128. The number of carbonyl (C=O) groups excluding carboxylic acids is 1. The Balaban J connectivity index is 1.57. The zero-order valence-corrected chi connectivity index (χ0v) is 19.8. The Kier molecular flexibility index (Phi) is 6.42. The highest BCUT2D eigenvalue weighted by Crippen LogP contribution is 2.36. The molecule has 0 unspecified atom stereocenters. The van der Waals surface area contributed by atoms with Crippen molar-refractivity contribution in [1.29, 1.82) is 0 Å². The maximum atomic E-state index is 13.3. The summed E-state index contributed by atoms with van der Waals surface area (Å²) in [5.74, 6) is -0.133. The number of hydrogen-bond acceptors (Lipinski definition) is 4. The minimum atomic E-state index is -3.74. The monoisotopic (exact) mass is 464 g/mol. The number of carbonyl (C=O) groups is 1. The number of anilines is 1. The molecule has 0 radical (unpaired) electrons. The molecule has 4 rings (SSSR count). The number of nitrogens with zero attached hydrogens (tertiary/aromatic N) is 1. The van der Waals surface area contributed by atoms with Gasteiger partial charge in [0.15, 0.2) is 6.10 Å². The first-order valence-electron chi connectivity index (χ1n) is 10.9. The highest BCUT2D eigenvalue weighted by molar-refractivity contribution is 7.92. The number of aryl methyl sites for hydroxylation is 2. The highest BCUT2D eigenvalue weighted by Gasteiger charge is 2.37. The third kappa shape index (κ3) is 5.03. The van der Waals surface area contributed by atoms with Gasteiger partial charge in [0.1, 0.15) is 5.75 Å². The van der Waals surface area contributed by atoms with E-state index in [4.69, 9.17) is 4.74 Å². The average Bonchev–Trinajstić information content (AvgIpc) is 2.78. The van der Waals surface area contributed by atoms with Crippen molar-refractivity contribution in [2.75, 3.05) is 10.8 Å². The van der Waals surface area contributed by atoms with E-state index in [0.29, 0.717) is 17.0 Å². The van der Waals surface area contributed by atoms with Gasteiger partial charge in [0.2, 0.25) is 10.0 Å². The van der Waals surface area contributed by atoms with Gasteiger partial charge in [0, 0.05) is 0 Å². The SMILES string of the molecule is Cc1ccc([C@H](C)NC(=O)[C@H]2CN(S(=O)(=O)Cc3ccccc3)c3ccccc3O2)c(C)c1. The van der Waals surface area contributed by atoms with Crippen LogP contribution < -0.4 is 14.4 Å². The Labute approximate surface area is 195 Å². The van der Waals surface area contributed by atoms with Crippen molar-refractivity contribution in [3.8, 4) is 5.75 Å². The summed E-state index contributed by atoms with van der Waals surface area (Å²) < 4.78 is 33.9. The summed E-state index contributed by atoms with van der Waals surface area (Å²) in [6.07, 6.45) is -0.960. The van der Waals surface area contributed by atoms with Gasteiger partial charge in [-0.2, -0.15) is 0 Å². The van der Waals surface area contributed by atoms with Gasteiger partial charge in [-0.15, -0.1) is 0 Å². The number of fused-ring (bicyclic) bond motifs is 1. The van der Waals surface area contributed by atoms with Crippen molar-refractivity contribution in [2.45, 2.75) is 38.7 Å². The summed E-state index contributed by atoms with van der Waals surface area (Å²) >= 11 is 0. The molecule has 0 saturated heterocycles. The van der Waals surface area contributed by atoms with Crippen molar-refractivity contribution in [3.63, 3.8) is 0 Å². The number of hydrogen-bond donors (Lipinski definition) is 1. The van der Waals surface area contributed by atoms with Gasteiger partial charge in [-0.1, -0.05) is 66.2 Å². The Bertz CT molecular complexity index is 1260. The molecule has 1 amide bonds. The number of benzene rings is 3. The molecule has 0 saturated carbocycles. The molecule has 0 aromatic heterocycles. The van der Waals surface area contributed by atoms with Crippen LogP contribution in [0.4, 0.5) is 5.69 Å². The third-order valence-corrected chi connectivity index (χ3v) is 7.52. The first kappa shape index (κ1) is 22.9. The lowest BCUT2D eigenvalue weighted by Gasteiger charge is -2.35. The van der Waals surface area contributed by atoms with Crippen LogP contribution in [-0.2, 0) is 20.6 Å². The Morgan fingerprint density at radius 3 is 2.48 bits per heavy atom. The molecule has 33 heavy (non-hydrogen) atoms. The maximum Gasteiger partial charge on any atom is 0.263 e. The van der Waals surface area contributed by atoms with Crippen LogP contribution in [0.15, 0.2) is 72.8 Å². The van der Waals surface area contributed by atoms with E-state index in [9.17, 15) is 13.2 Å². The van der Waals surface area contributed by atoms with Crippen LogP contribution in [0.1, 0.15) is 35.2 Å². The average molecular weight is 465 g/mol. The number of para-hydroxylation sites is 2. The molecule has 172 valence electrons. The summed E-state index contributed by atoms with van der Waals surface area (Å²) in [5.41, 5.74) is 4.38. The smallest absolute Gasteiger partial charge is 0.263 e. The van der Waals surface area contributed by atoms with E-state index in [1.807, 2.05) is 51.1 Å². The molecule has 1 aliphatic rings. The number of amides is 1. The molecule has 3 aromatic rings. The molecule has 1 aliphatic heterocycles. The second-order valence-electron chi connectivity index (χ2n) is 8.44. The molecule has 0 spiro atoms. The van der Waals surface area contributed by atoms with Crippen LogP contribution >= 0.6 is 0 Å². The zero-order chi connectivity index (χ0) is 23.6. The van der Waals surface area contributed by atoms with Gasteiger partial charge < -0.3 is 10.1 Å². The molecule has 1 N–H and O–H groups in total. The molecule has 3 aromatic carbocycles. The van der Waals surface area contributed by atoms with Gasteiger partial charge in [-0.3, -0.25) is 9.10 Å². The van der Waals surface area contributed by atoms with Crippen LogP contribution in [0, 0.1) is 13.8 Å². The van der Waals surface area contributed by atoms with Crippen molar-refractivity contribution in [3.05, 3.63) is 95.1 Å². The second kappa shape index (κ2) is 9.27. The summed E-state index contributed by atoms with van der Waals surface area (Å²) in [6.45, 7) is 5.86. The minimum absolute atomic E-state index is 0.0857. The lowest BCUT2D eigenvalue weighted by atomic mass is 10.00. The first-order chi connectivity index (χ1) is 15.7. The predicted molar refractivity (Wildman–Crippen MR) is 130 cm³/mol. The Hall–Kier alpha value is -3.32. The van der Waals surface area contributed by atoms with Gasteiger partial charge in [-0.25, -0.2) is 8.42 Å². The van der Waals surface area contributed by atoms with Crippen molar-refractivity contribution in [1.82, 2.24) is 5.32 Å². The predicted octanol–water partition coefficient (Wildman–Crippen LogP) is 4.28. The second-order valence-corrected chi connectivity index (χ2v) is 10.3. The first-order valence-corrected chi connectivity index (χ1v) is 12.5. The highest BCUT2D eigenvalue weighted by atomic mass is 32.2. The lowest BCUT2D eigenvalue weighted by Crippen LogP contribution is -2.51. The fourth-order valence-electron chi connectivity index (χ4n) is 4.16. The summed E-state index contributed by atoms with van der Waals surface area (Å²) in [4.78, 5) is 13.1. The standard InChI is InChI=1S/C26H28N2O4S/c1-18-13-14-22(19(2)15-18)20(3)27-26(29)25-16-28(23-11-7-8-12-24(23)32-25)33(30,31)17-21-9-5-4-6-10-21/h4-15,20,25H,16-17H2,1-3H3,(H,27,29)/t20-,25+/m0/s1. The fraction of sp³-hybridized carbons (Fsp3) is 0.269. The normalized spacial score (nSPS) is 16.5. The molecule has 6 nitrogen and oxygen atoms in total. The number of nitrogens with one attached hydrogen (secondary N) is 1. The summed E-state index contributed by atoms with van der Waals surface area (Å²) in [5, 5.41) is 2.99. The fourth-order valence-corrected chi connectivity index (χ4v) is 5.74. The molecule has 1 heterocycles. The van der Waals surface area contributed by atoms with Crippen LogP contribution in [0.3, 0.4) is 0 Å².